The summed E-state index contributed by atoms with van der Waals surface area (Å²) in [5.41, 5.74) is 1.04. The molecule has 0 spiro atoms. The SMILES string of the molecule is O=S(=O)(CCCF)NC1CCN(Cc2ccc(F)cc2)CC1. The molecule has 1 aliphatic rings. The van der Waals surface area contributed by atoms with Crippen molar-refractivity contribution in [2.24, 2.45) is 0 Å². The standard InChI is InChI=1S/C15H22F2N2O2S/c16-8-1-11-22(20,21)18-15-6-9-19(10-7-15)12-13-2-4-14(17)5-3-13/h2-5,15,18H,1,6-12H2. The molecule has 1 aromatic rings. The number of nitrogens with one attached hydrogen (secondary N) is 1. The predicted molar refractivity (Wildman–Crippen MR) is 82.2 cm³/mol. The van der Waals surface area contributed by atoms with Gasteiger partial charge in [0.2, 0.25) is 10.0 Å². The molecule has 1 aliphatic heterocycles. The Hall–Kier alpha value is -1.05. The number of hydrogen-bond acceptors (Lipinski definition) is 3. The van der Waals surface area contributed by atoms with Crippen LogP contribution < -0.4 is 4.72 Å². The maximum atomic E-state index is 12.9. The van der Waals surface area contributed by atoms with Gasteiger partial charge in [-0.3, -0.25) is 9.29 Å². The Bertz CT molecular complexity index is 555. The van der Waals surface area contributed by atoms with E-state index in [-0.39, 0.29) is 24.0 Å². The van der Waals surface area contributed by atoms with E-state index in [1.165, 1.54) is 12.1 Å². The second-order valence-electron chi connectivity index (χ2n) is 5.66. The van der Waals surface area contributed by atoms with Crippen LogP contribution in [0.1, 0.15) is 24.8 Å². The molecule has 0 atom stereocenters. The number of benzene rings is 1. The van der Waals surface area contributed by atoms with Crippen molar-refractivity contribution in [1.29, 1.82) is 0 Å². The highest BCUT2D eigenvalue weighted by atomic mass is 32.2. The van der Waals surface area contributed by atoms with Gasteiger partial charge in [0, 0.05) is 25.7 Å². The fraction of sp³-hybridized carbons (Fsp3) is 0.600. The summed E-state index contributed by atoms with van der Waals surface area (Å²) in [7, 11) is -3.37. The van der Waals surface area contributed by atoms with Crippen LogP contribution in [-0.2, 0) is 16.6 Å². The average Bonchev–Trinajstić information content (AvgIpc) is 2.49. The van der Waals surface area contributed by atoms with Gasteiger partial charge in [-0.25, -0.2) is 17.5 Å². The monoisotopic (exact) mass is 332 g/mol. The first-order chi connectivity index (χ1) is 10.5. The highest BCUT2D eigenvalue weighted by Gasteiger charge is 2.23. The zero-order valence-corrected chi connectivity index (χ0v) is 13.3. The van der Waals surface area contributed by atoms with Gasteiger partial charge in [0.15, 0.2) is 0 Å². The molecular weight excluding hydrogens is 310 g/mol. The van der Waals surface area contributed by atoms with Gasteiger partial charge in [-0.2, -0.15) is 0 Å². The van der Waals surface area contributed by atoms with E-state index in [4.69, 9.17) is 0 Å². The number of hydrogen-bond donors (Lipinski definition) is 1. The van der Waals surface area contributed by atoms with Crippen molar-refractivity contribution >= 4 is 10.0 Å². The van der Waals surface area contributed by atoms with Gasteiger partial charge in [-0.05, 0) is 37.0 Å². The minimum absolute atomic E-state index is 0.0404. The van der Waals surface area contributed by atoms with Gasteiger partial charge in [-0.1, -0.05) is 12.1 Å². The van der Waals surface area contributed by atoms with E-state index in [0.717, 1.165) is 38.0 Å². The third-order valence-electron chi connectivity index (χ3n) is 3.80. The molecule has 0 aromatic heterocycles. The Labute approximate surface area is 130 Å². The lowest BCUT2D eigenvalue weighted by Gasteiger charge is -2.32. The molecule has 2 rings (SSSR count). The molecule has 22 heavy (non-hydrogen) atoms. The number of halogens is 2. The number of alkyl halides is 1. The van der Waals surface area contributed by atoms with Crippen molar-refractivity contribution < 1.29 is 17.2 Å². The summed E-state index contributed by atoms with van der Waals surface area (Å²) < 4.78 is 51.0. The van der Waals surface area contributed by atoms with Crippen LogP contribution in [0.25, 0.3) is 0 Å². The Balaban J connectivity index is 1.77. The largest absolute Gasteiger partial charge is 0.299 e. The van der Waals surface area contributed by atoms with E-state index in [1.807, 2.05) is 0 Å². The van der Waals surface area contributed by atoms with Crippen LogP contribution in [0, 0.1) is 5.82 Å². The molecule has 0 saturated carbocycles. The summed E-state index contributed by atoms with van der Waals surface area (Å²) in [5, 5.41) is 0. The van der Waals surface area contributed by atoms with Gasteiger partial charge >= 0.3 is 0 Å². The van der Waals surface area contributed by atoms with Crippen LogP contribution in [0.3, 0.4) is 0 Å². The van der Waals surface area contributed by atoms with Gasteiger partial charge in [0.25, 0.3) is 0 Å². The number of piperidine rings is 1. The van der Waals surface area contributed by atoms with Gasteiger partial charge < -0.3 is 0 Å². The summed E-state index contributed by atoms with van der Waals surface area (Å²) in [6.45, 7) is 1.69. The van der Waals surface area contributed by atoms with Gasteiger partial charge in [0.05, 0.1) is 12.4 Å². The Morgan fingerprint density at radius 3 is 2.41 bits per heavy atom. The normalized spacial score (nSPS) is 17.7. The third-order valence-corrected chi connectivity index (χ3v) is 5.32. The lowest BCUT2D eigenvalue weighted by molar-refractivity contribution is 0.200. The molecule has 0 amide bonds. The maximum Gasteiger partial charge on any atom is 0.211 e. The average molecular weight is 332 g/mol. The van der Waals surface area contributed by atoms with E-state index in [9.17, 15) is 17.2 Å². The number of likely N-dealkylation sites (tertiary alicyclic amines) is 1. The van der Waals surface area contributed by atoms with Crippen molar-refractivity contribution in [2.45, 2.75) is 31.8 Å². The molecule has 124 valence electrons. The fourth-order valence-corrected chi connectivity index (χ4v) is 3.96. The lowest BCUT2D eigenvalue weighted by atomic mass is 10.1. The number of rotatable bonds is 7. The molecule has 1 aromatic carbocycles. The molecule has 0 radical (unpaired) electrons. The molecular formula is C15H22F2N2O2S. The first-order valence-electron chi connectivity index (χ1n) is 7.51. The van der Waals surface area contributed by atoms with Crippen LogP contribution in [-0.4, -0.2) is 44.9 Å². The van der Waals surface area contributed by atoms with E-state index in [1.54, 1.807) is 12.1 Å². The van der Waals surface area contributed by atoms with E-state index in [0.29, 0.717) is 0 Å². The van der Waals surface area contributed by atoms with Crippen LogP contribution >= 0.6 is 0 Å². The van der Waals surface area contributed by atoms with Crippen molar-refractivity contribution in [3.8, 4) is 0 Å². The molecule has 7 heteroatoms. The zero-order chi connectivity index (χ0) is 16.0. The third kappa shape index (κ3) is 5.62. The van der Waals surface area contributed by atoms with Gasteiger partial charge in [0.1, 0.15) is 5.82 Å². The predicted octanol–water partition coefficient (Wildman–Crippen LogP) is 2.07. The minimum atomic E-state index is -3.37. The maximum absolute atomic E-state index is 12.9. The zero-order valence-electron chi connectivity index (χ0n) is 12.5. The minimum Gasteiger partial charge on any atom is -0.299 e. The summed E-state index contributed by atoms with van der Waals surface area (Å²) in [5.74, 6) is -0.399. The van der Waals surface area contributed by atoms with Crippen LogP contribution in [0.5, 0.6) is 0 Å². The Morgan fingerprint density at radius 2 is 1.82 bits per heavy atom. The summed E-state index contributed by atoms with van der Waals surface area (Å²) >= 11 is 0. The molecule has 1 heterocycles. The molecule has 4 nitrogen and oxygen atoms in total. The molecule has 0 bridgehead atoms. The van der Waals surface area contributed by atoms with E-state index < -0.39 is 16.7 Å². The molecule has 1 saturated heterocycles. The topological polar surface area (TPSA) is 49.4 Å². The van der Waals surface area contributed by atoms with Crippen LogP contribution in [0.4, 0.5) is 8.78 Å². The Kier molecular flexibility index (Phi) is 6.28. The van der Waals surface area contributed by atoms with Gasteiger partial charge in [-0.15, -0.1) is 0 Å². The molecule has 0 aliphatic carbocycles. The number of nitrogens with zero attached hydrogens (tertiary/aromatic N) is 1. The van der Waals surface area contributed by atoms with Crippen LogP contribution in [0.15, 0.2) is 24.3 Å². The Morgan fingerprint density at radius 1 is 1.18 bits per heavy atom. The van der Waals surface area contributed by atoms with Crippen molar-refractivity contribution in [3.05, 3.63) is 35.6 Å². The second kappa shape index (κ2) is 7.99. The van der Waals surface area contributed by atoms with Crippen molar-refractivity contribution in [3.63, 3.8) is 0 Å². The quantitative estimate of drug-likeness (QED) is 0.832. The molecule has 1 N–H and O–H groups in total. The highest BCUT2D eigenvalue weighted by Crippen LogP contribution is 2.15. The highest BCUT2D eigenvalue weighted by molar-refractivity contribution is 7.89. The lowest BCUT2D eigenvalue weighted by Crippen LogP contribution is -2.44. The van der Waals surface area contributed by atoms with Crippen molar-refractivity contribution in [2.75, 3.05) is 25.5 Å². The fourth-order valence-electron chi connectivity index (χ4n) is 2.61. The molecule has 0 unspecified atom stereocenters. The summed E-state index contributed by atoms with van der Waals surface area (Å²) in [6.07, 6.45) is 1.50. The number of sulfonamides is 1. The van der Waals surface area contributed by atoms with Crippen LogP contribution in [0.2, 0.25) is 0 Å². The first-order valence-corrected chi connectivity index (χ1v) is 9.16. The van der Waals surface area contributed by atoms with E-state index >= 15 is 0 Å². The first kappa shape index (κ1) is 17.3. The summed E-state index contributed by atoms with van der Waals surface area (Å²) in [6, 6.07) is 6.35. The summed E-state index contributed by atoms with van der Waals surface area (Å²) in [4.78, 5) is 2.22. The smallest absolute Gasteiger partial charge is 0.211 e. The second-order valence-corrected chi connectivity index (χ2v) is 7.53. The van der Waals surface area contributed by atoms with Crippen molar-refractivity contribution in [1.82, 2.24) is 9.62 Å². The molecule has 1 fully saturated rings. The van der Waals surface area contributed by atoms with E-state index in [2.05, 4.69) is 9.62 Å².